The second-order valence-electron chi connectivity index (χ2n) is 6.12. The molecule has 0 fully saturated rings. The monoisotopic (exact) mass is 382 g/mol. The molecule has 1 aromatic heterocycles. The molecule has 0 saturated carbocycles. The molecule has 0 amide bonds. The van der Waals surface area contributed by atoms with Crippen molar-refractivity contribution in [3.63, 3.8) is 0 Å². The van der Waals surface area contributed by atoms with Gasteiger partial charge >= 0.3 is 0 Å². The fraction of sp³-hybridized carbons (Fsp3) is 0.190. The zero-order valence-electron chi connectivity index (χ0n) is 15.7. The van der Waals surface area contributed by atoms with Crippen LogP contribution in [0.2, 0.25) is 0 Å². The zero-order valence-corrected chi connectivity index (χ0v) is 16.6. The number of aromatic nitrogens is 1. The lowest BCUT2D eigenvalue weighted by Crippen LogP contribution is -2.24. The average Bonchev–Trinajstić information content (AvgIpc) is 3.13. The van der Waals surface area contributed by atoms with Gasteiger partial charge in [-0.15, -0.1) is 0 Å². The summed E-state index contributed by atoms with van der Waals surface area (Å²) in [5.41, 5.74) is 1.35. The number of anilines is 1. The van der Waals surface area contributed by atoms with E-state index in [0.29, 0.717) is 29.1 Å². The molecule has 0 spiro atoms. The van der Waals surface area contributed by atoms with Crippen LogP contribution in [0.4, 0.5) is 5.88 Å². The normalized spacial score (nSPS) is 13.6. The van der Waals surface area contributed by atoms with Crippen LogP contribution < -0.4 is 15.6 Å². The highest BCUT2D eigenvalue weighted by Crippen LogP contribution is 2.46. The molecule has 0 bridgehead atoms. The molecule has 2 aromatic carbocycles. The molecule has 27 heavy (non-hydrogen) atoms. The predicted octanol–water partition coefficient (Wildman–Crippen LogP) is 4.18. The van der Waals surface area contributed by atoms with E-state index >= 15 is 0 Å². The Hall–Kier alpha value is -2.62. The molecule has 1 heterocycles. The molecule has 5 nitrogen and oxygen atoms in total. The van der Waals surface area contributed by atoms with Gasteiger partial charge < -0.3 is 13.8 Å². The van der Waals surface area contributed by atoms with Gasteiger partial charge in [0, 0.05) is 25.5 Å². The molecule has 6 heteroatoms. The summed E-state index contributed by atoms with van der Waals surface area (Å²) in [4.78, 5) is 6.29. The van der Waals surface area contributed by atoms with E-state index in [0.717, 1.165) is 5.56 Å². The molecule has 0 aliphatic carbocycles. The smallest absolute Gasteiger partial charge is 0.284 e. The van der Waals surface area contributed by atoms with Crippen LogP contribution in [0.3, 0.4) is 0 Å². The van der Waals surface area contributed by atoms with Crippen molar-refractivity contribution in [2.24, 2.45) is 0 Å². The number of nitrogens with zero attached hydrogens (tertiary/aromatic N) is 2. The van der Waals surface area contributed by atoms with Gasteiger partial charge in [-0.25, -0.2) is 4.98 Å². The predicted molar refractivity (Wildman–Crippen MR) is 111 cm³/mol. The summed E-state index contributed by atoms with van der Waals surface area (Å²) in [5.74, 6) is 0.816. The molecule has 1 atom stereocenters. The number of benzene rings is 2. The van der Waals surface area contributed by atoms with E-state index in [1.54, 1.807) is 23.1 Å². The molecule has 0 radical (unpaired) electrons. The second-order valence-corrected chi connectivity index (χ2v) is 8.43. The molecular weight excluding hydrogens is 359 g/mol. The highest BCUT2D eigenvalue weighted by molar-refractivity contribution is 7.74. The molecule has 0 aliphatic heterocycles. The van der Waals surface area contributed by atoms with Crippen LogP contribution in [0.1, 0.15) is 18.4 Å². The standard InChI is InChI=1S/C21H23N2O3P/c1-4-25-27(24,18-13-9-6-10-14-18)20-21(23(2)3)26-19(22-20)16-15-17-11-7-5-8-12-17/h5-16H,4H2,1-3H3/b16-15+/t27-/m1/s1. The fourth-order valence-electron chi connectivity index (χ4n) is 2.67. The van der Waals surface area contributed by atoms with Crippen molar-refractivity contribution >= 4 is 36.1 Å². The highest BCUT2D eigenvalue weighted by Gasteiger charge is 2.36. The van der Waals surface area contributed by atoms with E-state index in [9.17, 15) is 4.57 Å². The van der Waals surface area contributed by atoms with E-state index in [4.69, 9.17) is 8.94 Å². The van der Waals surface area contributed by atoms with Gasteiger partial charge in [-0.3, -0.25) is 4.57 Å². The minimum Gasteiger partial charge on any atom is -0.420 e. The Morgan fingerprint density at radius 2 is 1.67 bits per heavy atom. The van der Waals surface area contributed by atoms with Gasteiger partial charge in [0.05, 0.1) is 6.61 Å². The van der Waals surface area contributed by atoms with Crippen molar-refractivity contribution in [1.29, 1.82) is 0 Å². The maximum absolute atomic E-state index is 13.8. The van der Waals surface area contributed by atoms with Crippen molar-refractivity contribution in [2.75, 3.05) is 25.6 Å². The average molecular weight is 382 g/mol. The van der Waals surface area contributed by atoms with E-state index in [2.05, 4.69) is 4.98 Å². The minimum absolute atomic E-state index is 0.307. The summed E-state index contributed by atoms with van der Waals surface area (Å²) >= 11 is 0. The van der Waals surface area contributed by atoms with E-state index in [1.807, 2.05) is 75.6 Å². The molecule has 3 rings (SSSR count). The third-order valence-electron chi connectivity index (χ3n) is 3.92. The van der Waals surface area contributed by atoms with E-state index < -0.39 is 7.37 Å². The third-order valence-corrected chi connectivity index (χ3v) is 6.37. The van der Waals surface area contributed by atoms with Gasteiger partial charge in [-0.1, -0.05) is 48.5 Å². The fourth-order valence-corrected chi connectivity index (χ4v) is 4.84. The SMILES string of the molecule is CCO[P@](=O)(c1ccccc1)c1nc(/C=C/c2ccccc2)oc1N(C)C. The van der Waals surface area contributed by atoms with Gasteiger partial charge in [-0.05, 0) is 30.7 Å². The van der Waals surface area contributed by atoms with Crippen molar-refractivity contribution in [3.8, 4) is 0 Å². The third kappa shape index (κ3) is 4.21. The Balaban J connectivity index is 2.06. The second kappa shape index (κ2) is 8.38. The highest BCUT2D eigenvalue weighted by atomic mass is 31.2. The summed E-state index contributed by atoms with van der Waals surface area (Å²) in [6.45, 7) is 2.13. The lowest BCUT2D eigenvalue weighted by molar-refractivity contribution is 0.347. The lowest BCUT2D eigenvalue weighted by atomic mass is 10.2. The van der Waals surface area contributed by atoms with Crippen molar-refractivity contribution in [2.45, 2.75) is 6.92 Å². The Bertz CT molecular complexity index is 950. The molecule has 0 aliphatic rings. The summed E-state index contributed by atoms with van der Waals surface area (Å²) in [6.07, 6.45) is 3.68. The minimum atomic E-state index is -3.37. The molecule has 3 aromatic rings. The van der Waals surface area contributed by atoms with Crippen LogP contribution in [0.5, 0.6) is 0 Å². The maximum atomic E-state index is 13.8. The first-order valence-electron chi connectivity index (χ1n) is 8.76. The van der Waals surface area contributed by atoms with Crippen LogP contribution in [0.15, 0.2) is 65.1 Å². The van der Waals surface area contributed by atoms with Gasteiger partial charge in [0.2, 0.25) is 11.8 Å². The van der Waals surface area contributed by atoms with Gasteiger partial charge in [-0.2, -0.15) is 0 Å². The first kappa shape index (κ1) is 19.2. The van der Waals surface area contributed by atoms with Gasteiger partial charge in [0.15, 0.2) is 5.44 Å². The van der Waals surface area contributed by atoms with E-state index in [-0.39, 0.29) is 0 Å². The molecule has 0 saturated heterocycles. The lowest BCUT2D eigenvalue weighted by Gasteiger charge is -2.18. The first-order chi connectivity index (χ1) is 13.0. The number of hydrogen-bond acceptors (Lipinski definition) is 5. The summed E-state index contributed by atoms with van der Waals surface area (Å²) in [5, 5.41) is 0.599. The van der Waals surface area contributed by atoms with Crippen LogP contribution >= 0.6 is 7.37 Å². The van der Waals surface area contributed by atoms with Crippen molar-refractivity contribution in [3.05, 3.63) is 72.1 Å². The number of hydrogen-bond donors (Lipinski definition) is 0. The molecule has 0 unspecified atom stereocenters. The molecular formula is C21H23N2O3P. The van der Waals surface area contributed by atoms with Crippen LogP contribution in [0.25, 0.3) is 12.2 Å². The number of rotatable bonds is 7. The number of oxazole rings is 1. The van der Waals surface area contributed by atoms with Crippen molar-refractivity contribution in [1.82, 2.24) is 4.98 Å². The first-order valence-corrected chi connectivity index (χ1v) is 10.4. The van der Waals surface area contributed by atoms with Gasteiger partial charge in [0.25, 0.3) is 7.37 Å². The quantitative estimate of drug-likeness (QED) is 0.574. The van der Waals surface area contributed by atoms with Crippen LogP contribution in [-0.2, 0) is 9.09 Å². The maximum Gasteiger partial charge on any atom is 0.284 e. The van der Waals surface area contributed by atoms with Crippen LogP contribution in [0, 0.1) is 0 Å². The Kier molecular flexibility index (Phi) is 5.94. The van der Waals surface area contributed by atoms with E-state index in [1.165, 1.54) is 0 Å². The van der Waals surface area contributed by atoms with Crippen molar-refractivity contribution < 1.29 is 13.5 Å². The summed E-state index contributed by atoms with van der Waals surface area (Å²) < 4.78 is 25.5. The molecule has 140 valence electrons. The topological polar surface area (TPSA) is 55.6 Å². The Morgan fingerprint density at radius 3 is 2.26 bits per heavy atom. The summed E-state index contributed by atoms with van der Waals surface area (Å²) in [7, 11) is 0.288. The van der Waals surface area contributed by atoms with Gasteiger partial charge in [0.1, 0.15) is 0 Å². The zero-order chi connectivity index (χ0) is 19.3. The summed E-state index contributed by atoms with van der Waals surface area (Å²) in [6, 6.07) is 19.0. The Labute approximate surface area is 159 Å². The largest absolute Gasteiger partial charge is 0.420 e. The Morgan fingerprint density at radius 1 is 1.04 bits per heavy atom. The van der Waals surface area contributed by atoms with Crippen LogP contribution in [-0.4, -0.2) is 25.7 Å². The molecule has 0 N–H and O–H groups in total.